The second-order valence-corrected chi connectivity index (χ2v) is 2.71. The minimum Gasteiger partial charge on any atom is -0.355 e. The minimum absolute atomic E-state index is 0.160. The molecule has 1 rings (SSSR count). The number of carbonyl (C=O) groups excluding carboxylic acids is 1. The average molecular weight is 347 g/mol. The quantitative estimate of drug-likeness (QED) is 0.276. The van der Waals surface area contributed by atoms with Crippen LogP contribution in [0.1, 0.15) is 15.9 Å². The summed E-state index contributed by atoms with van der Waals surface area (Å²) in [4.78, 5) is 21.2. The van der Waals surface area contributed by atoms with Crippen LogP contribution >= 0.6 is 22.9 Å². The number of nitrogens with one attached hydrogen (secondary N) is 1. The van der Waals surface area contributed by atoms with Gasteiger partial charge in [-0.15, -0.1) is 6.42 Å². The Morgan fingerprint density at radius 2 is 2.18 bits per heavy atom. The highest BCUT2D eigenvalue weighted by Gasteiger charge is 2.15. The first-order valence-corrected chi connectivity index (χ1v) is 5.53. The molecule has 0 saturated heterocycles. The van der Waals surface area contributed by atoms with Crippen molar-refractivity contribution in [3.63, 3.8) is 0 Å². The van der Waals surface area contributed by atoms with Crippen LogP contribution < -0.4 is 9.26 Å². The van der Waals surface area contributed by atoms with E-state index in [2.05, 4.69) is 15.2 Å². The molecule has 0 aliphatic carbocycles. The molecule has 0 bridgehead atoms. The fraction of sp³-hybridized carbons (Fsp3) is 0.100. The number of nitro benzene ring substituents is 1. The van der Waals surface area contributed by atoms with Crippen molar-refractivity contribution >= 4 is 34.5 Å². The summed E-state index contributed by atoms with van der Waals surface area (Å²) in [7, 11) is 1.45. The Bertz CT molecular complexity index is 468. The zero-order valence-corrected chi connectivity index (χ0v) is 11.1. The van der Waals surface area contributed by atoms with E-state index < -0.39 is 4.92 Å². The Morgan fingerprint density at radius 1 is 1.59 bits per heavy atom. The van der Waals surface area contributed by atoms with Gasteiger partial charge in [-0.05, 0) is 12.1 Å². The zero-order valence-electron chi connectivity index (χ0n) is 8.94. The smallest absolute Gasteiger partial charge is 0.285 e. The number of terminal acetylenes is 1. The number of nitro groups is 1. The lowest BCUT2D eigenvalue weighted by atomic mass is 10.1. The second-order valence-electron chi connectivity index (χ2n) is 2.71. The number of nitrogens with zero attached hydrogens (tertiary/aromatic N) is 1. The van der Waals surface area contributed by atoms with Gasteiger partial charge in [-0.3, -0.25) is 18.9 Å². The fourth-order valence-electron chi connectivity index (χ4n) is 1.09. The zero-order chi connectivity index (χ0) is 13.4. The number of benzene rings is 1. The van der Waals surface area contributed by atoms with E-state index in [4.69, 9.17) is 6.42 Å². The third-order valence-electron chi connectivity index (χ3n) is 1.84. The van der Waals surface area contributed by atoms with Crippen molar-refractivity contribution < 1.29 is 9.72 Å². The van der Waals surface area contributed by atoms with Gasteiger partial charge in [0, 0.05) is 41.5 Å². The van der Waals surface area contributed by atoms with E-state index in [1.165, 1.54) is 19.2 Å². The van der Waals surface area contributed by atoms with E-state index in [1.807, 2.05) is 0 Å². The predicted octanol–water partition coefficient (Wildman–Crippen LogP) is 1.23. The SMILES string of the molecule is C#Cc1ccc(C(=O)NC)cc1[N+](=O)[O-].NI. The van der Waals surface area contributed by atoms with Crippen molar-refractivity contribution in [2.24, 2.45) is 3.95 Å². The highest BCUT2D eigenvalue weighted by molar-refractivity contribution is 14.1. The summed E-state index contributed by atoms with van der Waals surface area (Å²) in [5, 5.41) is 13.0. The monoisotopic (exact) mass is 347 g/mol. The van der Waals surface area contributed by atoms with Gasteiger partial charge in [-0.25, -0.2) is 0 Å². The number of amides is 1. The van der Waals surface area contributed by atoms with E-state index in [1.54, 1.807) is 22.9 Å². The van der Waals surface area contributed by atoms with Gasteiger partial charge in [0.15, 0.2) is 0 Å². The molecule has 6 nitrogen and oxygen atoms in total. The molecule has 0 fully saturated rings. The maximum Gasteiger partial charge on any atom is 0.285 e. The van der Waals surface area contributed by atoms with Crippen LogP contribution in [0.5, 0.6) is 0 Å². The molecule has 0 aromatic heterocycles. The van der Waals surface area contributed by atoms with Crippen LogP contribution in [0.15, 0.2) is 18.2 Å². The Morgan fingerprint density at radius 3 is 2.59 bits per heavy atom. The molecule has 90 valence electrons. The van der Waals surface area contributed by atoms with Crippen LogP contribution in [-0.2, 0) is 0 Å². The summed E-state index contributed by atoms with van der Waals surface area (Å²) in [6.07, 6.45) is 5.09. The maximum atomic E-state index is 11.2. The molecular weight excluding hydrogens is 337 g/mol. The van der Waals surface area contributed by atoms with Crippen LogP contribution in [0, 0.1) is 22.5 Å². The summed E-state index contributed by atoms with van der Waals surface area (Å²) >= 11 is 1.65. The van der Waals surface area contributed by atoms with E-state index in [0.29, 0.717) is 0 Å². The van der Waals surface area contributed by atoms with Gasteiger partial charge < -0.3 is 5.32 Å². The molecule has 0 aliphatic heterocycles. The summed E-state index contributed by atoms with van der Waals surface area (Å²) < 4.78 is 4.47. The first-order chi connectivity index (χ1) is 8.10. The standard InChI is InChI=1S/C10H8N2O3.H2IN/c1-3-7-4-5-8(10(13)11-2)6-9(7)12(14)15;1-2/h1,4-6H,2H3,(H,11,13);2H2. The summed E-state index contributed by atoms with van der Waals surface area (Å²) in [6, 6.07) is 3.98. The van der Waals surface area contributed by atoms with Gasteiger partial charge in [0.1, 0.15) is 5.56 Å². The van der Waals surface area contributed by atoms with Gasteiger partial charge in [0.05, 0.1) is 4.92 Å². The van der Waals surface area contributed by atoms with Crippen molar-refractivity contribution in [3.05, 3.63) is 39.4 Å². The predicted molar refractivity (Wildman–Crippen MR) is 72.6 cm³/mol. The first kappa shape index (κ1) is 15.3. The average Bonchev–Trinajstić information content (AvgIpc) is 2.39. The lowest BCUT2D eigenvalue weighted by Crippen LogP contribution is -2.17. The molecule has 0 unspecified atom stereocenters. The van der Waals surface area contributed by atoms with E-state index >= 15 is 0 Å². The molecule has 0 radical (unpaired) electrons. The van der Waals surface area contributed by atoms with E-state index in [9.17, 15) is 14.9 Å². The number of nitrogens with two attached hydrogens (primary N) is 1. The molecule has 1 amide bonds. The van der Waals surface area contributed by atoms with Crippen LogP contribution in [0.3, 0.4) is 0 Å². The number of rotatable bonds is 2. The van der Waals surface area contributed by atoms with Crippen molar-refractivity contribution in [1.82, 2.24) is 5.32 Å². The van der Waals surface area contributed by atoms with Gasteiger partial charge in [-0.2, -0.15) is 0 Å². The molecule has 17 heavy (non-hydrogen) atoms. The minimum atomic E-state index is -0.609. The third-order valence-corrected chi connectivity index (χ3v) is 1.84. The molecular formula is C10H10IN3O3. The molecule has 3 N–H and O–H groups in total. The second kappa shape index (κ2) is 7.59. The molecule has 0 atom stereocenters. The molecule has 1 aromatic rings. The topological polar surface area (TPSA) is 98.3 Å². The molecule has 0 saturated carbocycles. The van der Waals surface area contributed by atoms with Gasteiger partial charge in [0.2, 0.25) is 0 Å². The fourth-order valence-corrected chi connectivity index (χ4v) is 1.09. The van der Waals surface area contributed by atoms with Crippen LogP contribution in [0.25, 0.3) is 0 Å². The van der Waals surface area contributed by atoms with Crippen LogP contribution in [0.2, 0.25) is 0 Å². The normalized spacial score (nSPS) is 8.35. The van der Waals surface area contributed by atoms with E-state index in [0.717, 1.165) is 6.07 Å². The largest absolute Gasteiger partial charge is 0.355 e. The molecule has 0 heterocycles. The summed E-state index contributed by atoms with van der Waals surface area (Å²) in [5.74, 6) is 1.80. The highest BCUT2D eigenvalue weighted by atomic mass is 127. The Balaban J connectivity index is 0.00000121. The highest BCUT2D eigenvalue weighted by Crippen LogP contribution is 2.19. The van der Waals surface area contributed by atoms with Crippen molar-refractivity contribution in [2.75, 3.05) is 7.05 Å². The number of hydrogen-bond donors (Lipinski definition) is 2. The number of halogens is 1. The number of carbonyl (C=O) groups is 1. The maximum absolute atomic E-state index is 11.2. The molecule has 0 aliphatic rings. The Kier molecular flexibility index (Phi) is 6.85. The lowest BCUT2D eigenvalue weighted by Gasteiger charge is -2.00. The van der Waals surface area contributed by atoms with Crippen LogP contribution in [-0.4, -0.2) is 17.9 Å². The summed E-state index contributed by atoms with van der Waals surface area (Å²) in [6.45, 7) is 0. The molecule has 7 heteroatoms. The summed E-state index contributed by atoms with van der Waals surface area (Å²) in [5.41, 5.74) is 0.134. The lowest BCUT2D eigenvalue weighted by molar-refractivity contribution is -0.385. The van der Waals surface area contributed by atoms with Crippen molar-refractivity contribution in [3.8, 4) is 12.3 Å². The Hall–Kier alpha value is -1.66. The third kappa shape index (κ3) is 4.01. The van der Waals surface area contributed by atoms with Crippen molar-refractivity contribution in [2.45, 2.75) is 0 Å². The van der Waals surface area contributed by atoms with Crippen molar-refractivity contribution in [1.29, 1.82) is 0 Å². The molecule has 0 spiro atoms. The van der Waals surface area contributed by atoms with Gasteiger partial charge in [-0.1, -0.05) is 5.92 Å². The first-order valence-electron chi connectivity index (χ1n) is 4.29. The van der Waals surface area contributed by atoms with E-state index in [-0.39, 0.29) is 22.7 Å². The van der Waals surface area contributed by atoms with Gasteiger partial charge in [0.25, 0.3) is 11.6 Å². The molecule has 1 aromatic carbocycles. The number of hydrogen-bond acceptors (Lipinski definition) is 4. The van der Waals surface area contributed by atoms with Crippen LogP contribution in [0.4, 0.5) is 5.69 Å². The Labute approximate surface area is 112 Å². The van der Waals surface area contributed by atoms with Gasteiger partial charge >= 0.3 is 0 Å².